The number of fused-ring (bicyclic) bond motifs is 1. The van der Waals surface area contributed by atoms with Crippen molar-refractivity contribution in [3.63, 3.8) is 0 Å². The standard InChI is InChI=1S/C17H24N2O2.ClH/c1-11-8-12(2)14-4-3-7-19(15(14)9-11)17(20)16-6-5-13(10-18)21-16;/h8-9,13,16H,3-7,10,18H2,1-2H3;1H/t13-,16+;/m1./s1. The second-order valence-corrected chi connectivity index (χ2v) is 6.23. The van der Waals surface area contributed by atoms with Crippen LogP contribution in [0.25, 0.3) is 0 Å². The average Bonchev–Trinajstić information content (AvgIpc) is 2.95. The number of nitrogens with two attached hydrogens (primary N) is 1. The van der Waals surface area contributed by atoms with Gasteiger partial charge in [-0.25, -0.2) is 0 Å². The maximum atomic E-state index is 12.8. The predicted molar refractivity (Wildman–Crippen MR) is 90.8 cm³/mol. The van der Waals surface area contributed by atoms with E-state index in [4.69, 9.17) is 10.5 Å². The van der Waals surface area contributed by atoms with E-state index in [2.05, 4.69) is 26.0 Å². The number of halogens is 1. The summed E-state index contributed by atoms with van der Waals surface area (Å²) in [5, 5.41) is 0. The van der Waals surface area contributed by atoms with Crippen LogP contribution in [0.4, 0.5) is 5.69 Å². The highest BCUT2D eigenvalue weighted by Gasteiger charge is 2.35. The Morgan fingerprint density at radius 3 is 2.82 bits per heavy atom. The van der Waals surface area contributed by atoms with E-state index in [1.165, 1.54) is 16.7 Å². The zero-order valence-electron chi connectivity index (χ0n) is 13.3. The van der Waals surface area contributed by atoms with E-state index in [9.17, 15) is 4.79 Å². The van der Waals surface area contributed by atoms with Crippen molar-refractivity contribution in [1.29, 1.82) is 0 Å². The van der Waals surface area contributed by atoms with Crippen LogP contribution in [0.5, 0.6) is 0 Å². The highest BCUT2D eigenvalue weighted by molar-refractivity contribution is 5.98. The van der Waals surface area contributed by atoms with E-state index in [1.807, 2.05) is 4.90 Å². The zero-order chi connectivity index (χ0) is 15.0. The predicted octanol–water partition coefficient (Wildman–Crippen LogP) is 2.51. The van der Waals surface area contributed by atoms with Crippen molar-refractivity contribution in [2.75, 3.05) is 18.0 Å². The molecule has 0 aromatic heterocycles. The Kier molecular flexibility index (Phi) is 5.48. The van der Waals surface area contributed by atoms with Gasteiger partial charge in [-0.15, -0.1) is 12.4 Å². The van der Waals surface area contributed by atoms with Gasteiger partial charge in [0.25, 0.3) is 5.91 Å². The highest BCUT2D eigenvalue weighted by atomic mass is 35.5. The molecule has 2 heterocycles. The lowest BCUT2D eigenvalue weighted by Crippen LogP contribution is -2.42. The number of hydrogen-bond donors (Lipinski definition) is 1. The third-order valence-corrected chi connectivity index (χ3v) is 4.60. The molecule has 1 aromatic carbocycles. The summed E-state index contributed by atoms with van der Waals surface area (Å²) in [6, 6.07) is 4.33. The number of carbonyl (C=O) groups is 1. The summed E-state index contributed by atoms with van der Waals surface area (Å²) >= 11 is 0. The molecule has 122 valence electrons. The van der Waals surface area contributed by atoms with Crippen molar-refractivity contribution in [2.45, 2.75) is 51.7 Å². The molecule has 1 amide bonds. The molecular weight excluding hydrogens is 300 g/mol. The highest BCUT2D eigenvalue weighted by Crippen LogP contribution is 2.33. The number of anilines is 1. The van der Waals surface area contributed by atoms with Crippen molar-refractivity contribution >= 4 is 24.0 Å². The van der Waals surface area contributed by atoms with Gasteiger partial charge in [0.15, 0.2) is 0 Å². The fourth-order valence-corrected chi connectivity index (χ4v) is 3.54. The minimum absolute atomic E-state index is 0. The molecule has 2 N–H and O–H groups in total. The lowest BCUT2D eigenvalue weighted by atomic mass is 9.94. The largest absolute Gasteiger partial charge is 0.364 e. The van der Waals surface area contributed by atoms with Crippen LogP contribution in [0.3, 0.4) is 0 Å². The van der Waals surface area contributed by atoms with Crippen molar-refractivity contribution < 1.29 is 9.53 Å². The Balaban J connectivity index is 0.00000176. The van der Waals surface area contributed by atoms with Crippen molar-refractivity contribution in [2.24, 2.45) is 5.73 Å². The molecule has 22 heavy (non-hydrogen) atoms. The van der Waals surface area contributed by atoms with Crippen LogP contribution in [-0.2, 0) is 16.0 Å². The average molecular weight is 325 g/mol. The molecule has 2 aliphatic heterocycles. The van der Waals surface area contributed by atoms with E-state index >= 15 is 0 Å². The van der Waals surface area contributed by atoms with Crippen molar-refractivity contribution in [3.8, 4) is 0 Å². The van der Waals surface area contributed by atoms with Crippen LogP contribution >= 0.6 is 12.4 Å². The second kappa shape index (κ2) is 6.99. The van der Waals surface area contributed by atoms with Crippen LogP contribution in [0.1, 0.15) is 36.0 Å². The molecule has 2 atom stereocenters. The van der Waals surface area contributed by atoms with Gasteiger partial charge in [-0.05, 0) is 62.3 Å². The monoisotopic (exact) mass is 324 g/mol. The van der Waals surface area contributed by atoms with E-state index in [0.717, 1.165) is 37.9 Å². The fourth-order valence-electron chi connectivity index (χ4n) is 3.54. The maximum absolute atomic E-state index is 12.8. The molecular formula is C17H25ClN2O2. The minimum Gasteiger partial charge on any atom is -0.364 e. The Morgan fingerprint density at radius 2 is 2.14 bits per heavy atom. The fraction of sp³-hybridized carbons (Fsp3) is 0.588. The van der Waals surface area contributed by atoms with Crippen LogP contribution < -0.4 is 10.6 Å². The smallest absolute Gasteiger partial charge is 0.256 e. The van der Waals surface area contributed by atoms with Gasteiger partial charge >= 0.3 is 0 Å². The third-order valence-electron chi connectivity index (χ3n) is 4.60. The van der Waals surface area contributed by atoms with Gasteiger partial charge in [-0.2, -0.15) is 0 Å². The summed E-state index contributed by atoms with van der Waals surface area (Å²) in [5.74, 6) is 0.108. The maximum Gasteiger partial charge on any atom is 0.256 e. The lowest BCUT2D eigenvalue weighted by Gasteiger charge is -2.32. The van der Waals surface area contributed by atoms with Gasteiger partial charge in [-0.3, -0.25) is 4.79 Å². The molecule has 1 saturated heterocycles. The quantitative estimate of drug-likeness (QED) is 0.909. The molecule has 0 radical (unpaired) electrons. The topological polar surface area (TPSA) is 55.6 Å². The van der Waals surface area contributed by atoms with Crippen molar-refractivity contribution in [3.05, 3.63) is 28.8 Å². The van der Waals surface area contributed by atoms with Crippen LogP contribution in [0.2, 0.25) is 0 Å². The van der Waals surface area contributed by atoms with Gasteiger partial charge in [0, 0.05) is 18.8 Å². The normalized spacial score (nSPS) is 23.9. The molecule has 1 aromatic rings. The van der Waals surface area contributed by atoms with E-state index in [1.54, 1.807) is 0 Å². The molecule has 0 unspecified atom stereocenters. The first-order chi connectivity index (χ1) is 10.1. The number of nitrogens with zero attached hydrogens (tertiary/aromatic N) is 1. The number of ether oxygens (including phenoxy) is 1. The summed E-state index contributed by atoms with van der Waals surface area (Å²) in [5.41, 5.74) is 10.5. The Bertz CT molecular complexity index is 562. The zero-order valence-corrected chi connectivity index (χ0v) is 14.1. The van der Waals surface area contributed by atoms with E-state index < -0.39 is 0 Å². The van der Waals surface area contributed by atoms with Crippen LogP contribution in [0, 0.1) is 13.8 Å². The molecule has 0 saturated carbocycles. The number of carbonyl (C=O) groups excluding carboxylic acids is 1. The lowest BCUT2D eigenvalue weighted by molar-refractivity contribution is -0.129. The number of aryl methyl sites for hydroxylation is 2. The first-order valence-electron chi connectivity index (χ1n) is 7.87. The van der Waals surface area contributed by atoms with E-state index in [-0.39, 0.29) is 30.5 Å². The second-order valence-electron chi connectivity index (χ2n) is 6.23. The number of hydrogen-bond acceptors (Lipinski definition) is 3. The van der Waals surface area contributed by atoms with Gasteiger partial charge in [-0.1, -0.05) is 6.07 Å². The SMILES string of the molecule is Cc1cc(C)c2c(c1)N(C(=O)[C@@H]1CC[C@H](CN)O1)CCC2.Cl. The molecule has 5 heteroatoms. The molecule has 0 spiro atoms. The summed E-state index contributed by atoms with van der Waals surface area (Å²) < 4.78 is 5.78. The number of amides is 1. The summed E-state index contributed by atoms with van der Waals surface area (Å²) in [6.45, 7) is 5.51. The molecule has 0 bridgehead atoms. The molecule has 2 aliphatic rings. The molecule has 3 rings (SSSR count). The Morgan fingerprint density at radius 1 is 1.36 bits per heavy atom. The summed E-state index contributed by atoms with van der Waals surface area (Å²) in [4.78, 5) is 14.7. The van der Waals surface area contributed by atoms with Crippen molar-refractivity contribution in [1.82, 2.24) is 0 Å². The third kappa shape index (κ3) is 3.14. The first kappa shape index (κ1) is 17.3. The number of rotatable bonds is 2. The molecule has 0 aliphatic carbocycles. The first-order valence-corrected chi connectivity index (χ1v) is 7.87. The van der Waals surface area contributed by atoms with Crippen LogP contribution in [-0.4, -0.2) is 31.2 Å². The summed E-state index contributed by atoms with van der Waals surface area (Å²) in [6.07, 6.45) is 3.49. The van der Waals surface area contributed by atoms with E-state index in [0.29, 0.717) is 6.54 Å². The van der Waals surface area contributed by atoms with Gasteiger partial charge in [0.1, 0.15) is 6.10 Å². The summed E-state index contributed by atoms with van der Waals surface area (Å²) in [7, 11) is 0. The Labute approximate surface area is 138 Å². The molecule has 4 nitrogen and oxygen atoms in total. The molecule has 1 fully saturated rings. The van der Waals surface area contributed by atoms with Gasteiger partial charge in [0.2, 0.25) is 0 Å². The minimum atomic E-state index is -0.315. The van der Waals surface area contributed by atoms with Gasteiger partial charge in [0.05, 0.1) is 6.10 Å². The Hall–Kier alpha value is -1.10. The number of benzene rings is 1. The van der Waals surface area contributed by atoms with Gasteiger partial charge < -0.3 is 15.4 Å². The van der Waals surface area contributed by atoms with Crippen LogP contribution in [0.15, 0.2) is 12.1 Å².